The lowest BCUT2D eigenvalue weighted by Gasteiger charge is -2.33. The number of anilines is 1. The van der Waals surface area contributed by atoms with E-state index in [1.54, 1.807) is 11.0 Å². The molecule has 1 fully saturated rings. The monoisotopic (exact) mass is 375 g/mol. The number of carbonyl (C=O) groups is 2. The number of carbonyl (C=O) groups excluding carboxylic acids is 1. The molecule has 1 heterocycles. The van der Waals surface area contributed by atoms with E-state index < -0.39 is 5.97 Å². The summed E-state index contributed by atoms with van der Waals surface area (Å²) >= 11 is 1.15. The zero-order valence-corrected chi connectivity index (χ0v) is 17.2. The van der Waals surface area contributed by atoms with Gasteiger partial charge >= 0.3 is 5.97 Å². The summed E-state index contributed by atoms with van der Waals surface area (Å²) < 4.78 is 0. The molecule has 0 atom stereocenters. The summed E-state index contributed by atoms with van der Waals surface area (Å²) in [5.74, 6) is 6.03. The lowest BCUT2D eigenvalue weighted by Crippen LogP contribution is -2.42. The fourth-order valence-electron chi connectivity index (χ4n) is 3.35. The van der Waals surface area contributed by atoms with E-state index in [0.29, 0.717) is 16.5 Å². The summed E-state index contributed by atoms with van der Waals surface area (Å²) in [4.78, 5) is 27.5. The molecule has 5 heteroatoms. The van der Waals surface area contributed by atoms with Crippen molar-refractivity contribution in [2.24, 2.45) is 17.8 Å². The highest BCUT2D eigenvalue weighted by Gasteiger charge is 2.33. The summed E-state index contributed by atoms with van der Waals surface area (Å²) in [6.07, 6.45) is 3.89. The molecule has 1 N–H and O–H groups in total. The van der Waals surface area contributed by atoms with Gasteiger partial charge in [0, 0.05) is 17.9 Å². The molecule has 1 aliphatic carbocycles. The molecule has 1 aliphatic rings. The Morgan fingerprint density at radius 3 is 2.31 bits per heavy atom. The molecule has 1 saturated carbocycles. The van der Waals surface area contributed by atoms with Crippen molar-refractivity contribution in [2.75, 3.05) is 4.90 Å². The first kappa shape index (κ1) is 20.5. The van der Waals surface area contributed by atoms with Crippen molar-refractivity contribution in [1.29, 1.82) is 0 Å². The molecule has 26 heavy (non-hydrogen) atoms. The van der Waals surface area contributed by atoms with Gasteiger partial charge in [-0.15, -0.1) is 11.3 Å². The highest BCUT2D eigenvalue weighted by molar-refractivity contribution is 7.15. The first-order chi connectivity index (χ1) is 12.2. The van der Waals surface area contributed by atoms with Crippen LogP contribution in [0.15, 0.2) is 6.07 Å². The van der Waals surface area contributed by atoms with Crippen LogP contribution < -0.4 is 4.90 Å². The zero-order valence-electron chi connectivity index (χ0n) is 16.3. The summed E-state index contributed by atoms with van der Waals surface area (Å²) in [7, 11) is 0. The summed E-state index contributed by atoms with van der Waals surface area (Å²) in [6.45, 7) is 10.1. The van der Waals surface area contributed by atoms with Gasteiger partial charge in [-0.05, 0) is 51.5 Å². The molecular formula is C21H29NO3S. The van der Waals surface area contributed by atoms with Crippen LogP contribution >= 0.6 is 11.3 Å². The number of carboxylic acids is 1. The maximum Gasteiger partial charge on any atom is 0.348 e. The molecule has 0 aromatic carbocycles. The van der Waals surface area contributed by atoms with E-state index in [-0.39, 0.29) is 28.7 Å². The van der Waals surface area contributed by atoms with Crippen LogP contribution in [0.25, 0.3) is 0 Å². The number of amides is 1. The van der Waals surface area contributed by atoms with Crippen LogP contribution in [0.5, 0.6) is 0 Å². The fraction of sp³-hybridized carbons (Fsp3) is 0.619. The van der Waals surface area contributed by atoms with Crippen LogP contribution in [0.2, 0.25) is 0 Å². The Balaban J connectivity index is 2.38. The number of thiophene rings is 1. The van der Waals surface area contributed by atoms with Gasteiger partial charge < -0.3 is 10.0 Å². The third-order valence-corrected chi connectivity index (χ3v) is 5.80. The SMILES string of the molecule is CC(C)C#Cc1cc(N(C(=O)C2CCC(C)CC2)C(C)C)c(C(=O)O)s1. The average molecular weight is 376 g/mol. The molecule has 1 amide bonds. The predicted octanol–water partition coefficient (Wildman–Crippen LogP) is 5.02. The van der Waals surface area contributed by atoms with Gasteiger partial charge in [0.05, 0.1) is 10.6 Å². The Bertz CT molecular complexity index is 715. The zero-order chi connectivity index (χ0) is 19.4. The quantitative estimate of drug-likeness (QED) is 0.752. The number of hydrogen-bond donors (Lipinski definition) is 1. The number of nitrogens with zero attached hydrogens (tertiary/aromatic N) is 1. The smallest absolute Gasteiger partial charge is 0.348 e. The topological polar surface area (TPSA) is 57.6 Å². The van der Waals surface area contributed by atoms with Crippen molar-refractivity contribution in [3.8, 4) is 11.8 Å². The Morgan fingerprint density at radius 2 is 1.81 bits per heavy atom. The van der Waals surface area contributed by atoms with E-state index in [4.69, 9.17) is 0 Å². The maximum atomic E-state index is 13.2. The van der Waals surface area contributed by atoms with Gasteiger partial charge in [0.25, 0.3) is 0 Å². The molecule has 2 rings (SSSR count). The first-order valence-corrected chi connectivity index (χ1v) is 10.2. The van der Waals surface area contributed by atoms with Gasteiger partial charge in [-0.1, -0.05) is 32.6 Å². The minimum atomic E-state index is -1.00. The Labute approximate surface area is 160 Å². The summed E-state index contributed by atoms with van der Waals surface area (Å²) in [5.41, 5.74) is 0.495. The van der Waals surface area contributed by atoms with Gasteiger partial charge in [-0.3, -0.25) is 4.79 Å². The standard InChI is InChI=1S/C21H29NO3S/c1-13(2)6-11-17-12-18(19(26-17)21(24)25)22(14(3)4)20(23)16-9-7-15(5)8-10-16/h12-16H,7-10H2,1-5H3,(H,24,25). The lowest BCUT2D eigenvalue weighted by atomic mass is 9.82. The lowest BCUT2D eigenvalue weighted by molar-refractivity contribution is -0.123. The second-order valence-corrected chi connectivity index (χ2v) is 8.87. The van der Waals surface area contributed by atoms with E-state index in [1.165, 1.54) is 0 Å². The fourth-order valence-corrected chi connectivity index (χ4v) is 4.20. The van der Waals surface area contributed by atoms with Gasteiger partial charge in [0.1, 0.15) is 4.88 Å². The van der Waals surface area contributed by atoms with E-state index in [2.05, 4.69) is 18.8 Å². The van der Waals surface area contributed by atoms with Crippen molar-refractivity contribution in [1.82, 2.24) is 0 Å². The number of aromatic carboxylic acids is 1. The van der Waals surface area contributed by atoms with Crippen LogP contribution in [0.3, 0.4) is 0 Å². The third kappa shape index (κ3) is 4.88. The van der Waals surface area contributed by atoms with Gasteiger partial charge in [0.2, 0.25) is 5.91 Å². The molecule has 142 valence electrons. The normalized spacial score (nSPS) is 20.0. The van der Waals surface area contributed by atoms with Gasteiger partial charge in [-0.2, -0.15) is 0 Å². The third-order valence-electron chi connectivity index (χ3n) is 4.77. The molecule has 4 nitrogen and oxygen atoms in total. The van der Waals surface area contributed by atoms with Crippen molar-refractivity contribution in [2.45, 2.75) is 66.3 Å². The van der Waals surface area contributed by atoms with Crippen molar-refractivity contribution in [3.05, 3.63) is 15.8 Å². The maximum absolute atomic E-state index is 13.2. The van der Waals surface area contributed by atoms with E-state index in [1.807, 2.05) is 27.7 Å². The molecule has 0 bridgehead atoms. The van der Waals surface area contributed by atoms with Crippen molar-refractivity contribution < 1.29 is 14.7 Å². The molecule has 0 radical (unpaired) electrons. The van der Waals surface area contributed by atoms with Crippen LogP contribution in [0, 0.1) is 29.6 Å². The van der Waals surface area contributed by atoms with Gasteiger partial charge in [-0.25, -0.2) is 4.79 Å². The molecule has 1 aromatic heterocycles. The first-order valence-electron chi connectivity index (χ1n) is 9.42. The number of carboxylic acid groups (broad SMARTS) is 1. The molecule has 0 saturated heterocycles. The van der Waals surface area contributed by atoms with Crippen LogP contribution in [-0.2, 0) is 4.79 Å². The van der Waals surface area contributed by atoms with E-state index in [0.717, 1.165) is 37.0 Å². The minimum Gasteiger partial charge on any atom is -0.477 e. The van der Waals surface area contributed by atoms with E-state index >= 15 is 0 Å². The van der Waals surface area contributed by atoms with Crippen LogP contribution in [0.1, 0.15) is 74.9 Å². The summed E-state index contributed by atoms with van der Waals surface area (Å²) in [6, 6.07) is 1.67. The summed E-state index contributed by atoms with van der Waals surface area (Å²) in [5, 5.41) is 9.64. The highest BCUT2D eigenvalue weighted by atomic mass is 32.1. The molecule has 0 aliphatic heterocycles. The number of hydrogen-bond acceptors (Lipinski definition) is 3. The van der Waals surface area contributed by atoms with Crippen molar-refractivity contribution in [3.63, 3.8) is 0 Å². The Kier molecular flexibility index (Phi) is 6.88. The molecule has 1 aromatic rings. The van der Waals surface area contributed by atoms with Crippen molar-refractivity contribution >= 4 is 28.9 Å². The Hall–Kier alpha value is -1.80. The predicted molar refractivity (Wildman–Crippen MR) is 107 cm³/mol. The molecular weight excluding hydrogens is 346 g/mol. The molecule has 0 unspecified atom stereocenters. The van der Waals surface area contributed by atoms with E-state index in [9.17, 15) is 14.7 Å². The average Bonchev–Trinajstić information content (AvgIpc) is 2.97. The Morgan fingerprint density at radius 1 is 1.19 bits per heavy atom. The second kappa shape index (κ2) is 8.73. The highest BCUT2D eigenvalue weighted by Crippen LogP contribution is 2.36. The molecule has 0 spiro atoms. The van der Waals surface area contributed by atoms with Gasteiger partial charge in [0.15, 0.2) is 0 Å². The number of rotatable bonds is 4. The van der Waals surface area contributed by atoms with Crippen LogP contribution in [0.4, 0.5) is 5.69 Å². The second-order valence-electron chi connectivity index (χ2n) is 7.81. The van der Waals surface area contributed by atoms with Crippen LogP contribution in [-0.4, -0.2) is 23.0 Å². The minimum absolute atomic E-state index is 0.0136. The largest absolute Gasteiger partial charge is 0.477 e.